The van der Waals surface area contributed by atoms with Crippen LogP contribution in [0.2, 0.25) is 0 Å². The summed E-state index contributed by atoms with van der Waals surface area (Å²) in [6, 6.07) is 12.7. The van der Waals surface area contributed by atoms with Crippen molar-refractivity contribution >= 4 is 11.6 Å². The van der Waals surface area contributed by atoms with Crippen LogP contribution in [0.5, 0.6) is 5.75 Å². The van der Waals surface area contributed by atoms with Gasteiger partial charge in [0.1, 0.15) is 5.75 Å². The Balaban J connectivity index is 2.08. The summed E-state index contributed by atoms with van der Waals surface area (Å²) in [6.45, 7) is 0.316. The zero-order valence-corrected chi connectivity index (χ0v) is 10.4. The van der Waals surface area contributed by atoms with Crippen molar-refractivity contribution in [3.05, 3.63) is 69.8 Å². The van der Waals surface area contributed by atoms with Crippen LogP contribution in [0.25, 0.3) is 0 Å². The summed E-state index contributed by atoms with van der Waals surface area (Å²) in [5.74, 6) is -0.897. The van der Waals surface area contributed by atoms with Gasteiger partial charge in [-0.15, -0.1) is 0 Å². The Bertz CT molecular complexity index is 641. The molecule has 0 unspecified atom stereocenters. The van der Waals surface area contributed by atoms with Gasteiger partial charge in [-0.3, -0.25) is 14.9 Å². The molecule has 6 heteroatoms. The molecule has 0 saturated heterocycles. The highest BCUT2D eigenvalue weighted by Crippen LogP contribution is 2.23. The van der Waals surface area contributed by atoms with Crippen LogP contribution in [0.15, 0.2) is 48.5 Å². The number of hydrogen-bond acceptors (Lipinski definition) is 4. The molecule has 0 aliphatic heterocycles. The lowest BCUT2D eigenvalue weighted by Gasteiger charge is -2.06. The van der Waals surface area contributed by atoms with Crippen molar-refractivity contribution in [2.75, 3.05) is 0 Å². The van der Waals surface area contributed by atoms with E-state index in [0.29, 0.717) is 6.54 Å². The minimum absolute atomic E-state index is 0.00605. The maximum atomic E-state index is 11.9. The van der Waals surface area contributed by atoms with E-state index in [1.54, 1.807) is 0 Å². The summed E-state index contributed by atoms with van der Waals surface area (Å²) < 4.78 is 0. The molecule has 2 aromatic carbocycles. The van der Waals surface area contributed by atoms with Crippen LogP contribution >= 0.6 is 0 Å². The minimum Gasteiger partial charge on any atom is -0.507 e. The van der Waals surface area contributed by atoms with Crippen LogP contribution in [0.3, 0.4) is 0 Å². The van der Waals surface area contributed by atoms with E-state index in [0.717, 1.165) is 11.6 Å². The number of nitrogens with zero attached hydrogens (tertiary/aromatic N) is 1. The Hall–Kier alpha value is -2.89. The van der Waals surface area contributed by atoms with E-state index in [-0.39, 0.29) is 11.3 Å². The van der Waals surface area contributed by atoms with Crippen molar-refractivity contribution < 1.29 is 14.8 Å². The quantitative estimate of drug-likeness (QED) is 0.659. The summed E-state index contributed by atoms with van der Waals surface area (Å²) in [4.78, 5) is 21.8. The van der Waals surface area contributed by atoms with Gasteiger partial charge in [-0.1, -0.05) is 30.3 Å². The topological polar surface area (TPSA) is 92.5 Å². The molecular formula is C14H12N2O4. The first-order valence-electron chi connectivity index (χ1n) is 5.87. The Morgan fingerprint density at radius 1 is 1.20 bits per heavy atom. The van der Waals surface area contributed by atoms with Gasteiger partial charge < -0.3 is 10.4 Å². The van der Waals surface area contributed by atoms with Crippen molar-refractivity contribution in [2.24, 2.45) is 0 Å². The second-order valence-corrected chi connectivity index (χ2v) is 4.13. The summed E-state index contributed by atoms with van der Waals surface area (Å²) in [6.07, 6.45) is 0. The highest BCUT2D eigenvalue weighted by molar-refractivity contribution is 5.97. The Morgan fingerprint density at radius 3 is 2.50 bits per heavy atom. The predicted octanol–water partition coefficient (Wildman–Crippen LogP) is 2.23. The number of hydrogen-bond donors (Lipinski definition) is 2. The molecule has 102 valence electrons. The molecule has 0 radical (unpaired) electrons. The van der Waals surface area contributed by atoms with Crippen molar-refractivity contribution in [1.82, 2.24) is 5.32 Å². The maximum absolute atomic E-state index is 11.9. The normalized spacial score (nSPS) is 10.0. The number of aromatic hydroxyl groups is 1. The molecule has 0 aliphatic carbocycles. The molecule has 2 rings (SSSR count). The monoisotopic (exact) mass is 272 g/mol. The van der Waals surface area contributed by atoms with Crippen molar-refractivity contribution in [3.8, 4) is 5.75 Å². The van der Waals surface area contributed by atoms with E-state index in [1.807, 2.05) is 30.3 Å². The van der Waals surface area contributed by atoms with Gasteiger partial charge in [0.05, 0.1) is 16.6 Å². The molecule has 0 saturated carbocycles. The van der Waals surface area contributed by atoms with Gasteiger partial charge >= 0.3 is 0 Å². The van der Waals surface area contributed by atoms with E-state index in [2.05, 4.69) is 5.32 Å². The molecule has 1 amide bonds. The summed E-state index contributed by atoms with van der Waals surface area (Å²) in [7, 11) is 0. The zero-order chi connectivity index (χ0) is 14.5. The van der Waals surface area contributed by atoms with Crippen LogP contribution in [-0.4, -0.2) is 15.9 Å². The molecule has 2 aromatic rings. The van der Waals surface area contributed by atoms with Crippen molar-refractivity contribution in [3.63, 3.8) is 0 Å². The summed E-state index contributed by atoms with van der Waals surface area (Å²) >= 11 is 0. The fourth-order valence-electron chi connectivity index (χ4n) is 1.70. The number of nitrogens with one attached hydrogen (secondary N) is 1. The smallest absolute Gasteiger partial charge is 0.273 e. The standard InChI is InChI=1S/C14H12N2O4/c17-13-8-11(16(19)20)6-7-12(13)14(18)15-9-10-4-2-1-3-5-10/h1-8,17H,9H2,(H,15,18). The highest BCUT2D eigenvalue weighted by atomic mass is 16.6. The number of phenols is 1. The molecule has 0 bridgehead atoms. The van der Waals surface area contributed by atoms with Crippen molar-refractivity contribution in [1.29, 1.82) is 0 Å². The number of nitro groups is 1. The van der Waals surface area contributed by atoms with Gasteiger partial charge in [0, 0.05) is 12.6 Å². The second-order valence-electron chi connectivity index (χ2n) is 4.13. The number of benzene rings is 2. The Kier molecular flexibility index (Phi) is 3.95. The molecule has 0 aromatic heterocycles. The first kappa shape index (κ1) is 13.5. The van der Waals surface area contributed by atoms with Gasteiger partial charge in [-0.25, -0.2) is 0 Å². The van der Waals surface area contributed by atoms with Crippen LogP contribution in [-0.2, 0) is 6.54 Å². The lowest BCUT2D eigenvalue weighted by atomic mass is 10.1. The average molecular weight is 272 g/mol. The zero-order valence-electron chi connectivity index (χ0n) is 10.4. The lowest BCUT2D eigenvalue weighted by molar-refractivity contribution is -0.384. The molecule has 0 atom stereocenters. The van der Waals surface area contributed by atoms with E-state index < -0.39 is 16.6 Å². The molecule has 6 nitrogen and oxygen atoms in total. The Morgan fingerprint density at radius 2 is 1.90 bits per heavy atom. The summed E-state index contributed by atoms with van der Waals surface area (Å²) in [5.41, 5.74) is 0.663. The lowest BCUT2D eigenvalue weighted by Crippen LogP contribution is -2.22. The molecule has 20 heavy (non-hydrogen) atoms. The predicted molar refractivity (Wildman–Crippen MR) is 72.4 cm³/mol. The molecule has 0 spiro atoms. The maximum Gasteiger partial charge on any atom is 0.273 e. The molecule has 0 fully saturated rings. The van der Waals surface area contributed by atoms with Gasteiger partial charge in [-0.05, 0) is 11.6 Å². The molecule has 0 aliphatic rings. The van der Waals surface area contributed by atoms with Crippen LogP contribution in [0.1, 0.15) is 15.9 Å². The summed E-state index contributed by atoms with van der Waals surface area (Å²) in [5, 5.41) is 22.8. The third-order valence-electron chi connectivity index (χ3n) is 2.73. The number of phenolic OH excluding ortho intramolecular Hbond substituents is 1. The van der Waals surface area contributed by atoms with Crippen LogP contribution in [0, 0.1) is 10.1 Å². The fourth-order valence-corrected chi connectivity index (χ4v) is 1.70. The molecule has 0 heterocycles. The van der Waals surface area contributed by atoms with Crippen LogP contribution in [0.4, 0.5) is 5.69 Å². The molecular weight excluding hydrogens is 260 g/mol. The number of nitro benzene ring substituents is 1. The second kappa shape index (κ2) is 5.83. The first-order valence-corrected chi connectivity index (χ1v) is 5.87. The van der Waals surface area contributed by atoms with Crippen molar-refractivity contribution in [2.45, 2.75) is 6.54 Å². The number of amides is 1. The first-order chi connectivity index (χ1) is 9.58. The van der Waals surface area contributed by atoms with Gasteiger partial charge in [-0.2, -0.15) is 0 Å². The average Bonchev–Trinajstić information content (AvgIpc) is 2.45. The highest BCUT2D eigenvalue weighted by Gasteiger charge is 2.15. The third kappa shape index (κ3) is 3.11. The molecule has 2 N–H and O–H groups in total. The van der Waals surface area contributed by atoms with E-state index in [1.165, 1.54) is 12.1 Å². The number of non-ortho nitro benzene ring substituents is 1. The van der Waals surface area contributed by atoms with E-state index >= 15 is 0 Å². The minimum atomic E-state index is -0.634. The number of carbonyl (C=O) groups excluding carboxylic acids is 1. The van der Waals surface area contributed by atoms with Gasteiger partial charge in [0.2, 0.25) is 0 Å². The SMILES string of the molecule is O=C(NCc1ccccc1)c1ccc([N+](=O)[O-])cc1O. The third-order valence-corrected chi connectivity index (χ3v) is 2.73. The van der Waals surface area contributed by atoms with E-state index in [9.17, 15) is 20.0 Å². The fraction of sp³-hybridized carbons (Fsp3) is 0.0714. The van der Waals surface area contributed by atoms with Gasteiger partial charge in [0.15, 0.2) is 0 Å². The largest absolute Gasteiger partial charge is 0.507 e. The van der Waals surface area contributed by atoms with E-state index in [4.69, 9.17) is 0 Å². The Labute approximate surface area is 114 Å². The number of carbonyl (C=O) groups is 1. The van der Waals surface area contributed by atoms with Crippen LogP contribution < -0.4 is 5.32 Å². The number of rotatable bonds is 4. The van der Waals surface area contributed by atoms with Gasteiger partial charge in [0.25, 0.3) is 11.6 Å².